The minimum Gasteiger partial charge on any atom is -0.400 e. The minimum atomic E-state index is 0.142. The number of nitrogens with one attached hydrogen (secondary N) is 1. The average Bonchev–Trinajstić information content (AvgIpc) is 2.68. The highest BCUT2D eigenvalue weighted by atomic mass is 14.8. The smallest absolute Gasteiger partial charge is 0.0395 e. The SMILES string of the molecule is C/C=C(\C=C/C(C)/C(N)=C/NCc1ccc(C(C)(C)C)cc1)c1ccnc(C)c1. The van der Waals surface area contributed by atoms with Crippen LogP contribution in [0.25, 0.3) is 5.57 Å². The van der Waals surface area contributed by atoms with E-state index in [2.05, 4.69) is 86.6 Å². The lowest BCUT2D eigenvalue weighted by molar-refractivity contribution is 0.590. The van der Waals surface area contributed by atoms with Gasteiger partial charge in [-0.05, 0) is 53.7 Å². The highest BCUT2D eigenvalue weighted by Gasteiger charge is 2.12. The van der Waals surface area contributed by atoms with E-state index in [-0.39, 0.29) is 11.3 Å². The molecular weight excluding hydrogens is 354 g/mol. The van der Waals surface area contributed by atoms with Crippen molar-refractivity contribution < 1.29 is 0 Å². The molecule has 0 amide bonds. The number of hydrogen-bond acceptors (Lipinski definition) is 3. The summed E-state index contributed by atoms with van der Waals surface area (Å²) < 4.78 is 0. The maximum atomic E-state index is 6.27. The van der Waals surface area contributed by atoms with Crippen LogP contribution in [0.4, 0.5) is 0 Å². The van der Waals surface area contributed by atoms with Crippen molar-refractivity contribution >= 4 is 5.57 Å². The molecule has 3 nitrogen and oxygen atoms in total. The Balaban J connectivity index is 1.94. The fraction of sp³-hybridized carbons (Fsp3) is 0.346. The van der Waals surface area contributed by atoms with Gasteiger partial charge >= 0.3 is 0 Å². The number of nitrogens with zero attached hydrogens (tertiary/aromatic N) is 1. The largest absolute Gasteiger partial charge is 0.400 e. The summed E-state index contributed by atoms with van der Waals surface area (Å²) in [6.45, 7) is 13.6. The van der Waals surface area contributed by atoms with Gasteiger partial charge in [0.05, 0.1) is 0 Å². The highest BCUT2D eigenvalue weighted by molar-refractivity contribution is 5.73. The van der Waals surface area contributed by atoms with Crippen molar-refractivity contribution in [2.45, 2.75) is 53.5 Å². The van der Waals surface area contributed by atoms with E-state index in [0.717, 1.165) is 17.9 Å². The van der Waals surface area contributed by atoms with E-state index in [9.17, 15) is 0 Å². The molecular formula is C26H35N3. The molecule has 3 heteroatoms. The molecule has 0 radical (unpaired) electrons. The van der Waals surface area contributed by atoms with Crippen molar-refractivity contribution in [2.75, 3.05) is 0 Å². The van der Waals surface area contributed by atoms with E-state index < -0.39 is 0 Å². The van der Waals surface area contributed by atoms with Crippen LogP contribution in [0.3, 0.4) is 0 Å². The second-order valence-corrected chi connectivity index (χ2v) is 8.55. The summed E-state index contributed by atoms with van der Waals surface area (Å²) in [6, 6.07) is 12.9. The first-order valence-electron chi connectivity index (χ1n) is 10.3. The number of aryl methyl sites for hydroxylation is 1. The molecule has 1 heterocycles. The van der Waals surface area contributed by atoms with Crippen LogP contribution >= 0.6 is 0 Å². The van der Waals surface area contributed by atoms with E-state index >= 15 is 0 Å². The lowest BCUT2D eigenvalue weighted by Crippen LogP contribution is -2.14. The Hall–Kier alpha value is -2.81. The van der Waals surface area contributed by atoms with Gasteiger partial charge in [0.2, 0.25) is 0 Å². The molecule has 0 aliphatic carbocycles. The first kappa shape index (κ1) is 22.5. The fourth-order valence-corrected chi connectivity index (χ4v) is 2.98. The van der Waals surface area contributed by atoms with Crippen molar-refractivity contribution in [3.8, 4) is 0 Å². The predicted molar refractivity (Wildman–Crippen MR) is 125 cm³/mol. The Morgan fingerprint density at radius 1 is 1.17 bits per heavy atom. The molecule has 1 atom stereocenters. The molecule has 1 aromatic carbocycles. The number of allylic oxidation sites excluding steroid dienone is 4. The number of benzene rings is 1. The maximum Gasteiger partial charge on any atom is 0.0395 e. The zero-order valence-electron chi connectivity index (χ0n) is 18.7. The van der Waals surface area contributed by atoms with Crippen LogP contribution in [0, 0.1) is 12.8 Å². The quantitative estimate of drug-likeness (QED) is 0.582. The van der Waals surface area contributed by atoms with E-state index in [1.165, 1.54) is 22.3 Å². The van der Waals surface area contributed by atoms with Crippen molar-refractivity contribution in [1.29, 1.82) is 0 Å². The van der Waals surface area contributed by atoms with Crippen molar-refractivity contribution in [3.63, 3.8) is 0 Å². The van der Waals surface area contributed by atoms with Crippen LogP contribution in [0.2, 0.25) is 0 Å². The summed E-state index contributed by atoms with van der Waals surface area (Å²) in [7, 11) is 0. The summed E-state index contributed by atoms with van der Waals surface area (Å²) in [6.07, 6.45) is 10.1. The summed E-state index contributed by atoms with van der Waals surface area (Å²) in [5.74, 6) is 0.142. The average molecular weight is 390 g/mol. The van der Waals surface area contributed by atoms with Gasteiger partial charge in [-0.1, -0.05) is 70.2 Å². The molecule has 0 fully saturated rings. The zero-order chi connectivity index (χ0) is 21.4. The molecule has 2 aromatic rings. The molecule has 0 aliphatic heterocycles. The Bertz CT molecular complexity index is 881. The molecule has 2 rings (SSSR count). The topological polar surface area (TPSA) is 50.9 Å². The van der Waals surface area contributed by atoms with Crippen molar-refractivity contribution in [1.82, 2.24) is 10.3 Å². The molecule has 1 unspecified atom stereocenters. The normalized spacial score (nSPS) is 14.3. The van der Waals surface area contributed by atoms with Crippen LogP contribution in [0.5, 0.6) is 0 Å². The summed E-state index contributed by atoms with van der Waals surface area (Å²) in [5, 5.41) is 3.34. The van der Waals surface area contributed by atoms with Gasteiger partial charge in [0.15, 0.2) is 0 Å². The summed E-state index contributed by atoms with van der Waals surface area (Å²) in [5.41, 5.74) is 13.2. The van der Waals surface area contributed by atoms with Gasteiger partial charge < -0.3 is 11.1 Å². The van der Waals surface area contributed by atoms with Crippen LogP contribution in [-0.2, 0) is 12.0 Å². The summed E-state index contributed by atoms with van der Waals surface area (Å²) in [4.78, 5) is 4.27. The Morgan fingerprint density at radius 3 is 2.45 bits per heavy atom. The maximum absolute atomic E-state index is 6.27. The molecule has 0 spiro atoms. The Morgan fingerprint density at radius 2 is 1.86 bits per heavy atom. The lowest BCUT2D eigenvalue weighted by atomic mass is 9.87. The monoisotopic (exact) mass is 389 g/mol. The second-order valence-electron chi connectivity index (χ2n) is 8.55. The van der Waals surface area contributed by atoms with Crippen LogP contribution in [-0.4, -0.2) is 4.98 Å². The number of pyridine rings is 1. The number of hydrogen-bond donors (Lipinski definition) is 2. The predicted octanol–water partition coefficient (Wildman–Crippen LogP) is 5.87. The highest BCUT2D eigenvalue weighted by Crippen LogP contribution is 2.22. The standard InChI is InChI=1S/C26H35N3/c1-7-22(23-14-15-29-20(3)16-23)11-8-19(2)25(27)18-28-17-21-9-12-24(13-10-21)26(4,5)6/h7-16,18-19,28H,17,27H2,1-6H3/b11-8-,22-7+,25-18-. The van der Waals surface area contributed by atoms with Gasteiger partial charge in [0.1, 0.15) is 0 Å². The summed E-state index contributed by atoms with van der Waals surface area (Å²) >= 11 is 0. The van der Waals surface area contributed by atoms with Crippen LogP contribution < -0.4 is 11.1 Å². The van der Waals surface area contributed by atoms with Gasteiger partial charge in [0.25, 0.3) is 0 Å². The zero-order valence-corrected chi connectivity index (χ0v) is 18.7. The number of nitrogens with two attached hydrogens (primary N) is 1. The molecule has 154 valence electrons. The molecule has 1 aromatic heterocycles. The molecule has 0 saturated carbocycles. The fourth-order valence-electron chi connectivity index (χ4n) is 2.98. The van der Waals surface area contributed by atoms with E-state index in [0.29, 0.717) is 0 Å². The molecule has 3 N–H and O–H groups in total. The molecule has 29 heavy (non-hydrogen) atoms. The first-order chi connectivity index (χ1) is 13.7. The molecule has 0 aliphatic rings. The van der Waals surface area contributed by atoms with E-state index in [4.69, 9.17) is 5.73 Å². The van der Waals surface area contributed by atoms with Gasteiger partial charge in [-0.3, -0.25) is 4.98 Å². The van der Waals surface area contributed by atoms with Crippen molar-refractivity contribution in [2.24, 2.45) is 11.7 Å². The van der Waals surface area contributed by atoms with Gasteiger partial charge in [-0.2, -0.15) is 0 Å². The third-order valence-corrected chi connectivity index (χ3v) is 5.03. The number of aromatic nitrogens is 1. The van der Waals surface area contributed by atoms with Crippen LogP contribution in [0.1, 0.15) is 57.0 Å². The van der Waals surface area contributed by atoms with Crippen molar-refractivity contribution in [3.05, 3.63) is 95.1 Å². The van der Waals surface area contributed by atoms with Crippen LogP contribution in [0.15, 0.2) is 72.7 Å². The van der Waals surface area contributed by atoms with E-state index in [1.54, 1.807) is 0 Å². The Labute approximate surface area is 176 Å². The minimum absolute atomic E-state index is 0.142. The second kappa shape index (κ2) is 10.1. The Kier molecular flexibility index (Phi) is 7.83. The third kappa shape index (κ3) is 6.94. The lowest BCUT2D eigenvalue weighted by Gasteiger charge is -2.19. The molecule has 0 saturated heterocycles. The van der Waals surface area contributed by atoms with Gasteiger partial charge in [-0.25, -0.2) is 0 Å². The third-order valence-electron chi connectivity index (χ3n) is 5.03. The van der Waals surface area contributed by atoms with Gasteiger partial charge in [-0.15, -0.1) is 0 Å². The molecule has 0 bridgehead atoms. The first-order valence-corrected chi connectivity index (χ1v) is 10.3. The van der Waals surface area contributed by atoms with E-state index in [1.807, 2.05) is 32.3 Å². The van der Waals surface area contributed by atoms with Gasteiger partial charge in [0, 0.05) is 36.3 Å². The number of rotatable bonds is 7.